The Kier molecular flexibility index (Phi) is 7.26. The van der Waals surface area contributed by atoms with Crippen molar-refractivity contribution in [3.8, 4) is 17.0 Å². The molecule has 1 N–H and O–H groups in total. The van der Waals surface area contributed by atoms with E-state index in [4.69, 9.17) is 27.9 Å². The summed E-state index contributed by atoms with van der Waals surface area (Å²) >= 11 is 12.0. The van der Waals surface area contributed by atoms with Crippen molar-refractivity contribution in [3.63, 3.8) is 0 Å². The van der Waals surface area contributed by atoms with Crippen LogP contribution in [0, 0.1) is 5.92 Å². The summed E-state index contributed by atoms with van der Waals surface area (Å²) in [6.07, 6.45) is -1.66. The SMILES string of the molecule is O=C(C[C@@H]1CCCC[C@H]1O)c1ccc(OCC(F)(F)F)c(-c2ccc(Cl)c(Cl)c2)n1. The van der Waals surface area contributed by atoms with Crippen LogP contribution in [0.4, 0.5) is 13.2 Å². The molecule has 0 aliphatic heterocycles. The summed E-state index contributed by atoms with van der Waals surface area (Å²) in [6.45, 7) is -1.50. The van der Waals surface area contributed by atoms with Crippen molar-refractivity contribution in [3.05, 3.63) is 46.1 Å². The molecule has 0 amide bonds. The van der Waals surface area contributed by atoms with Gasteiger partial charge in [-0.3, -0.25) is 4.79 Å². The van der Waals surface area contributed by atoms with E-state index in [9.17, 15) is 23.1 Å². The van der Waals surface area contributed by atoms with Crippen LogP contribution in [0.5, 0.6) is 5.75 Å². The number of pyridine rings is 1. The van der Waals surface area contributed by atoms with Crippen LogP contribution in [-0.2, 0) is 0 Å². The van der Waals surface area contributed by atoms with E-state index in [2.05, 4.69) is 4.98 Å². The first-order valence-electron chi connectivity index (χ1n) is 9.51. The lowest BCUT2D eigenvalue weighted by atomic mass is 9.83. The van der Waals surface area contributed by atoms with E-state index in [0.717, 1.165) is 19.3 Å². The number of carbonyl (C=O) groups excluding carboxylic acids is 1. The summed E-state index contributed by atoms with van der Waals surface area (Å²) in [5, 5.41) is 10.6. The molecule has 1 aromatic carbocycles. The van der Waals surface area contributed by atoms with Crippen LogP contribution in [0.25, 0.3) is 11.3 Å². The molecule has 1 heterocycles. The fourth-order valence-electron chi connectivity index (χ4n) is 3.50. The molecule has 2 atom stereocenters. The molecule has 0 bridgehead atoms. The predicted octanol–water partition coefficient (Wildman–Crippen LogP) is 6.12. The third-order valence-corrected chi connectivity index (χ3v) is 5.78. The monoisotopic (exact) mass is 461 g/mol. The van der Waals surface area contributed by atoms with Gasteiger partial charge in [0.1, 0.15) is 17.1 Å². The van der Waals surface area contributed by atoms with Gasteiger partial charge < -0.3 is 9.84 Å². The maximum atomic E-state index is 12.7. The van der Waals surface area contributed by atoms with Crippen LogP contribution in [0.3, 0.4) is 0 Å². The fraction of sp³-hybridized carbons (Fsp3) is 0.429. The largest absolute Gasteiger partial charge is 0.482 e. The Morgan fingerprint density at radius 2 is 1.87 bits per heavy atom. The van der Waals surface area contributed by atoms with Crippen LogP contribution in [0.15, 0.2) is 30.3 Å². The van der Waals surface area contributed by atoms with Gasteiger partial charge in [-0.1, -0.05) is 42.1 Å². The Bertz CT molecular complexity index is 921. The van der Waals surface area contributed by atoms with Gasteiger partial charge in [-0.2, -0.15) is 13.2 Å². The van der Waals surface area contributed by atoms with E-state index in [0.29, 0.717) is 12.0 Å². The minimum atomic E-state index is -4.53. The van der Waals surface area contributed by atoms with E-state index >= 15 is 0 Å². The average Bonchev–Trinajstić information content (AvgIpc) is 2.69. The second-order valence-electron chi connectivity index (χ2n) is 7.32. The lowest BCUT2D eigenvalue weighted by Gasteiger charge is -2.26. The zero-order valence-corrected chi connectivity index (χ0v) is 17.4. The van der Waals surface area contributed by atoms with Crippen molar-refractivity contribution in [2.24, 2.45) is 5.92 Å². The van der Waals surface area contributed by atoms with Gasteiger partial charge >= 0.3 is 6.18 Å². The highest BCUT2D eigenvalue weighted by Gasteiger charge is 2.30. The van der Waals surface area contributed by atoms with Crippen LogP contribution in [0.1, 0.15) is 42.6 Å². The number of carbonyl (C=O) groups is 1. The van der Waals surface area contributed by atoms with E-state index in [-0.39, 0.29) is 45.3 Å². The van der Waals surface area contributed by atoms with Gasteiger partial charge in [0.25, 0.3) is 0 Å². The van der Waals surface area contributed by atoms with Crippen LogP contribution >= 0.6 is 23.2 Å². The van der Waals surface area contributed by atoms with Crippen molar-refractivity contribution in [1.82, 2.24) is 4.98 Å². The molecule has 30 heavy (non-hydrogen) atoms. The molecular weight excluding hydrogens is 442 g/mol. The number of rotatable bonds is 6. The Morgan fingerprint density at radius 3 is 2.53 bits per heavy atom. The number of Topliss-reactive ketones (excluding diaryl/α,β-unsaturated/α-hetero) is 1. The average molecular weight is 462 g/mol. The van der Waals surface area contributed by atoms with E-state index in [1.54, 1.807) is 0 Å². The van der Waals surface area contributed by atoms with Gasteiger partial charge in [0.05, 0.1) is 16.1 Å². The second kappa shape index (κ2) is 9.54. The highest BCUT2D eigenvalue weighted by Crippen LogP contribution is 2.34. The van der Waals surface area contributed by atoms with E-state index in [1.807, 2.05) is 0 Å². The highest BCUT2D eigenvalue weighted by molar-refractivity contribution is 6.42. The van der Waals surface area contributed by atoms with Gasteiger partial charge in [0.2, 0.25) is 0 Å². The molecule has 2 aromatic rings. The zero-order valence-electron chi connectivity index (χ0n) is 15.9. The number of ketones is 1. The number of aliphatic hydroxyl groups is 1. The molecule has 1 aromatic heterocycles. The zero-order chi connectivity index (χ0) is 21.9. The summed E-state index contributed by atoms with van der Waals surface area (Å²) < 4.78 is 42.8. The molecule has 162 valence electrons. The summed E-state index contributed by atoms with van der Waals surface area (Å²) in [5.41, 5.74) is 0.523. The van der Waals surface area contributed by atoms with Crippen LogP contribution in [-0.4, -0.2) is 34.8 Å². The summed E-state index contributed by atoms with van der Waals surface area (Å²) in [5.74, 6) is -0.563. The molecule has 1 aliphatic carbocycles. The van der Waals surface area contributed by atoms with Crippen molar-refractivity contribution >= 4 is 29.0 Å². The number of nitrogens with zero attached hydrogens (tertiary/aromatic N) is 1. The van der Waals surface area contributed by atoms with Gasteiger partial charge in [-0.15, -0.1) is 0 Å². The summed E-state index contributed by atoms with van der Waals surface area (Å²) in [6, 6.07) is 7.11. The van der Waals surface area contributed by atoms with Crippen LogP contribution < -0.4 is 4.74 Å². The molecule has 0 saturated heterocycles. The van der Waals surface area contributed by atoms with Gasteiger partial charge in [0, 0.05) is 12.0 Å². The first-order chi connectivity index (χ1) is 14.1. The molecule has 0 radical (unpaired) electrons. The van der Waals surface area contributed by atoms with Crippen molar-refractivity contribution in [2.45, 2.75) is 44.4 Å². The Morgan fingerprint density at radius 1 is 1.13 bits per heavy atom. The number of hydrogen-bond donors (Lipinski definition) is 1. The number of benzene rings is 1. The maximum Gasteiger partial charge on any atom is 0.422 e. The number of halogens is 5. The number of aromatic nitrogens is 1. The first kappa shape index (κ1) is 22.8. The Labute approximate surface area is 182 Å². The normalized spacial score (nSPS) is 19.5. The lowest BCUT2D eigenvalue weighted by Crippen LogP contribution is -2.27. The highest BCUT2D eigenvalue weighted by atomic mass is 35.5. The van der Waals surface area contributed by atoms with Crippen molar-refractivity contribution in [2.75, 3.05) is 6.61 Å². The first-order valence-corrected chi connectivity index (χ1v) is 10.3. The molecule has 1 aliphatic rings. The van der Waals surface area contributed by atoms with E-state index < -0.39 is 18.9 Å². The third-order valence-electron chi connectivity index (χ3n) is 5.04. The predicted molar refractivity (Wildman–Crippen MR) is 108 cm³/mol. The van der Waals surface area contributed by atoms with Crippen molar-refractivity contribution < 1.29 is 27.8 Å². The van der Waals surface area contributed by atoms with Gasteiger partial charge in [-0.25, -0.2) is 4.98 Å². The minimum Gasteiger partial charge on any atom is -0.482 e. The summed E-state index contributed by atoms with van der Waals surface area (Å²) in [7, 11) is 0. The number of hydrogen-bond acceptors (Lipinski definition) is 4. The molecule has 1 fully saturated rings. The summed E-state index contributed by atoms with van der Waals surface area (Å²) in [4.78, 5) is 17.0. The Hall–Kier alpha value is -1.83. The fourth-order valence-corrected chi connectivity index (χ4v) is 3.79. The number of aliphatic hydroxyl groups excluding tert-OH is 1. The third kappa shape index (κ3) is 5.86. The van der Waals surface area contributed by atoms with Gasteiger partial charge in [-0.05, 0) is 43.0 Å². The maximum absolute atomic E-state index is 12.7. The minimum absolute atomic E-state index is 0.0628. The van der Waals surface area contributed by atoms with Gasteiger partial charge in [0.15, 0.2) is 12.4 Å². The molecule has 0 spiro atoms. The quantitative estimate of drug-likeness (QED) is 0.526. The van der Waals surface area contributed by atoms with Crippen LogP contribution in [0.2, 0.25) is 10.0 Å². The number of alkyl halides is 3. The molecular formula is C21H20Cl2F3NO3. The molecule has 0 unspecified atom stereocenters. The molecule has 4 nitrogen and oxygen atoms in total. The Balaban J connectivity index is 1.91. The smallest absolute Gasteiger partial charge is 0.422 e. The molecule has 1 saturated carbocycles. The standard InChI is InChI=1S/C21H20Cl2F3NO3/c22-14-6-5-13(9-15(14)23)20-19(30-11-21(24,25)26)8-7-16(27-20)18(29)10-12-3-1-2-4-17(12)28/h5-9,12,17,28H,1-4,10-11H2/t12-,17+/m0/s1. The number of ether oxygens (including phenoxy) is 1. The molecule has 3 rings (SSSR count). The second-order valence-corrected chi connectivity index (χ2v) is 8.13. The topological polar surface area (TPSA) is 59.4 Å². The van der Waals surface area contributed by atoms with Crippen molar-refractivity contribution in [1.29, 1.82) is 0 Å². The molecule has 9 heteroatoms. The lowest BCUT2D eigenvalue weighted by molar-refractivity contribution is -0.153. The van der Waals surface area contributed by atoms with E-state index in [1.165, 1.54) is 30.3 Å².